The third-order valence-corrected chi connectivity index (χ3v) is 4.00. The quantitative estimate of drug-likeness (QED) is 0.877. The lowest BCUT2D eigenvalue weighted by Crippen LogP contribution is -2.38. The summed E-state index contributed by atoms with van der Waals surface area (Å²) in [4.78, 5) is 12.2. The van der Waals surface area contributed by atoms with Crippen LogP contribution in [0.15, 0.2) is 12.1 Å². The summed E-state index contributed by atoms with van der Waals surface area (Å²) in [5, 5.41) is 12.8. The van der Waals surface area contributed by atoms with Crippen LogP contribution in [0.25, 0.3) is 0 Å². The maximum Gasteiger partial charge on any atom is 0.251 e. The predicted octanol–water partition coefficient (Wildman–Crippen LogP) is 2.10. The minimum atomic E-state index is -0.233. The number of nitrogens with one attached hydrogen (secondary N) is 1. The third kappa shape index (κ3) is 2.69. The van der Waals surface area contributed by atoms with Crippen LogP contribution in [0.1, 0.15) is 36.0 Å². The minimum Gasteiger partial charge on any atom is -0.454 e. The summed E-state index contributed by atoms with van der Waals surface area (Å²) in [6, 6.07) is 3.33. The summed E-state index contributed by atoms with van der Waals surface area (Å²) in [5.74, 6) is 0.817. The smallest absolute Gasteiger partial charge is 0.251 e. The molecule has 1 fully saturated rings. The van der Waals surface area contributed by atoms with Gasteiger partial charge in [-0.2, -0.15) is 0 Å². The van der Waals surface area contributed by atoms with Crippen LogP contribution >= 0.6 is 11.6 Å². The van der Waals surface area contributed by atoms with Crippen molar-refractivity contribution in [2.75, 3.05) is 6.79 Å². The van der Waals surface area contributed by atoms with Gasteiger partial charge in [-0.15, -0.1) is 0 Å². The van der Waals surface area contributed by atoms with Crippen LogP contribution in [0.2, 0.25) is 5.02 Å². The first-order valence-electron chi connectivity index (χ1n) is 6.71. The van der Waals surface area contributed by atoms with Crippen LogP contribution in [0.4, 0.5) is 0 Å². The van der Waals surface area contributed by atoms with Crippen molar-refractivity contribution in [1.29, 1.82) is 0 Å². The van der Waals surface area contributed by atoms with Gasteiger partial charge in [-0.05, 0) is 37.8 Å². The lowest BCUT2D eigenvalue weighted by molar-refractivity contribution is 0.0867. The van der Waals surface area contributed by atoms with Crippen molar-refractivity contribution in [2.45, 2.75) is 37.8 Å². The van der Waals surface area contributed by atoms with E-state index >= 15 is 0 Å². The lowest BCUT2D eigenvalue weighted by Gasteiger charge is -2.26. The van der Waals surface area contributed by atoms with Crippen LogP contribution in [-0.2, 0) is 0 Å². The lowest BCUT2D eigenvalue weighted by atomic mass is 9.93. The van der Waals surface area contributed by atoms with Crippen molar-refractivity contribution in [3.63, 3.8) is 0 Å². The van der Waals surface area contributed by atoms with Crippen LogP contribution < -0.4 is 14.8 Å². The van der Waals surface area contributed by atoms with Gasteiger partial charge in [0.25, 0.3) is 5.91 Å². The Morgan fingerprint density at radius 1 is 1.25 bits per heavy atom. The Hall–Kier alpha value is -1.46. The number of fused-ring (bicyclic) bond motifs is 1. The molecular formula is C14H16ClNO4. The fourth-order valence-corrected chi connectivity index (χ4v) is 2.85. The Morgan fingerprint density at radius 2 is 2.00 bits per heavy atom. The van der Waals surface area contributed by atoms with Crippen molar-refractivity contribution >= 4 is 17.5 Å². The highest BCUT2D eigenvalue weighted by Crippen LogP contribution is 2.39. The zero-order valence-corrected chi connectivity index (χ0v) is 11.7. The molecule has 1 amide bonds. The number of carbonyl (C=O) groups excluding carboxylic acids is 1. The maximum atomic E-state index is 12.2. The highest BCUT2D eigenvalue weighted by atomic mass is 35.5. The summed E-state index contributed by atoms with van der Waals surface area (Å²) < 4.78 is 10.5. The topological polar surface area (TPSA) is 67.8 Å². The maximum absolute atomic E-state index is 12.2. The number of aliphatic hydroxyl groups excluding tert-OH is 1. The van der Waals surface area contributed by atoms with E-state index in [4.69, 9.17) is 21.1 Å². The molecule has 0 unspecified atom stereocenters. The van der Waals surface area contributed by atoms with Gasteiger partial charge in [0.1, 0.15) is 0 Å². The van der Waals surface area contributed by atoms with Gasteiger partial charge in [0.05, 0.1) is 11.1 Å². The standard InChI is InChI=1S/C14H16ClNO4/c15-11-5-8(6-12-13(11)20-7-19-12)14(18)16-9-1-3-10(17)4-2-9/h5-6,9-10,17H,1-4,7H2,(H,16,18). The fourth-order valence-electron chi connectivity index (χ4n) is 2.59. The molecule has 1 heterocycles. The number of ether oxygens (including phenoxy) is 2. The van der Waals surface area contributed by atoms with E-state index in [1.165, 1.54) is 0 Å². The van der Waals surface area contributed by atoms with Crippen LogP contribution in [0.5, 0.6) is 11.5 Å². The molecule has 0 spiro atoms. The number of amides is 1. The highest BCUT2D eigenvalue weighted by molar-refractivity contribution is 6.32. The first kappa shape index (κ1) is 13.5. The minimum absolute atomic E-state index is 0.107. The molecule has 20 heavy (non-hydrogen) atoms. The molecule has 2 aliphatic rings. The number of hydrogen-bond donors (Lipinski definition) is 2. The molecule has 2 N–H and O–H groups in total. The molecule has 0 radical (unpaired) electrons. The second-order valence-electron chi connectivity index (χ2n) is 5.17. The zero-order valence-electron chi connectivity index (χ0n) is 10.9. The molecule has 1 aromatic rings. The summed E-state index contributed by atoms with van der Waals surface area (Å²) in [6.45, 7) is 0.126. The summed E-state index contributed by atoms with van der Waals surface area (Å²) in [7, 11) is 0. The largest absolute Gasteiger partial charge is 0.454 e. The molecule has 0 bridgehead atoms. The first-order valence-corrected chi connectivity index (χ1v) is 7.09. The van der Waals surface area contributed by atoms with E-state index in [-0.39, 0.29) is 24.8 Å². The SMILES string of the molecule is O=C(NC1CCC(O)CC1)c1cc(Cl)c2c(c1)OCO2. The van der Waals surface area contributed by atoms with Crippen LogP contribution in [0, 0.1) is 0 Å². The van der Waals surface area contributed by atoms with Gasteiger partial charge in [0.2, 0.25) is 6.79 Å². The van der Waals surface area contributed by atoms with Gasteiger partial charge < -0.3 is 19.9 Å². The Labute approximate surface area is 121 Å². The highest BCUT2D eigenvalue weighted by Gasteiger charge is 2.24. The number of aliphatic hydroxyl groups is 1. The molecule has 6 heteroatoms. The van der Waals surface area contributed by atoms with Gasteiger partial charge in [0.15, 0.2) is 11.5 Å². The van der Waals surface area contributed by atoms with E-state index < -0.39 is 0 Å². The van der Waals surface area contributed by atoms with Crippen molar-refractivity contribution < 1.29 is 19.4 Å². The molecule has 5 nitrogen and oxygen atoms in total. The van der Waals surface area contributed by atoms with E-state index in [9.17, 15) is 9.90 Å². The van der Waals surface area contributed by atoms with Crippen LogP contribution in [-0.4, -0.2) is 30.0 Å². The normalized spacial score (nSPS) is 24.5. The number of hydrogen-bond acceptors (Lipinski definition) is 4. The van der Waals surface area contributed by atoms with Gasteiger partial charge >= 0.3 is 0 Å². The molecule has 1 aliphatic carbocycles. The monoisotopic (exact) mass is 297 g/mol. The Balaban J connectivity index is 1.70. The van der Waals surface area contributed by atoms with Crippen LogP contribution in [0.3, 0.4) is 0 Å². The van der Waals surface area contributed by atoms with Gasteiger partial charge in [-0.25, -0.2) is 0 Å². The van der Waals surface area contributed by atoms with E-state index in [0.29, 0.717) is 22.1 Å². The summed E-state index contributed by atoms with van der Waals surface area (Å²) in [6.07, 6.45) is 2.82. The first-order chi connectivity index (χ1) is 9.63. The predicted molar refractivity (Wildman–Crippen MR) is 73.3 cm³/mol. The Bertz CT molecular complexity index is 526. The van der Waals surface area contributed by atoms with Gasteiger partial charge in [0, 0.05) is 11.6 Å². The van der Waals surface area contributed by atoms with E-state index in [2.05, 4.69) is 5.32 Å². The fraction of sp³-hybridized carbons (Fsp3) is 0.500. The molecule has 1 aromatic carbocycles. The molecule has 0 aromatic heterocycles. The number of carbonyl (C=O) groups is 1. The second kappa shape index (κ2) is 5.50. The molecule has 0 saturated heterocycles. The molecule has 3 rings (SSSR count). The second-order valence-corrected chi connectivity index (χ2v) is 5.58. The summed E-state index contributed by atoms with van der Waals surface area (Å²) >= 11 is 6.06. The third-order valence-electron chi connectivity index (χ3n) is 3.72. The van der Waals surface area contributed by atoms with Crippen molar-refractivity contribution in [3.05, 3.63) is 22.7 Å². The van der Waals surface area contributed by atoms with Crippen molar-refractivity contribution in [3.8, 4) is 11.5 Å². The molecule has 0 atom stereocenters. The number of rotatable bonds is 2. The van der Waals surface area contributed by atoms with E-state index in [1.807, 2.05) is 0 Å². The molecule has 1 aliphatic heterocycles. The average molecular weight is 298 g/mol. The Morgan fingerprint density at radius 3 is 2.75 bits per heavy atom. The van der Waals surface area contributed by atoms with E-state index in [1.54, 1.807) is 12.1 Å². The molecular weight excluding hydrogens is 282 g/mol. The average Bonchev–Trinajstić information content (AvgIpc) is 2.90. The molecule has 1 saturated carbocycles. The van der Waals surface area contributed by atoms with Gasteiger partial charge in [-0.1, -0.05) is 11.6 Å². The van der Waals surface area contributed by atoms with Gasteiger partial charge in [-0.3, -0.25) is 4.79 Å². The van der Waals surface area contributed by atoms with E-state index in [0.717, 1.165) is 25.7 Å². The number of halogens is 1. The Kier molecular flexibility index (Phi) is 3.72. The summed E-state index contributed by atoms with van der Waals surface area (Å²) in [5.41, 5.74) is 0.463. The molecule has 108 valence electrons. The number of benzene rings is 1. The van der Waals surface area contributed by atoms with Crippen molar-refractivity contribution in [2.24, 2.45) is 0 Å². The zero-order chi connectivity index (χ0) is 14.1. The van der Waals surface area contributed by atoms with Crippen molar-refractivity contribution in [1.82, 2.24) is 5.32 Å².